The molecule has 0 saturated heterocycles. The lowest BCUT2D eigenvalue weighted by Gasteiger charge is -2.07. The van der Waals surface area contributed by atoms with E-state index in [-0.39, 0.29) is 5.91 Å². The summed E-state index contributed by atoms with van der Waals surface area (Å²) in [7, 11) is 0. The van der Waals surface area contributed by atoms with Crippen LogP contribution in [0.4, 0.5) is 5.69 Å². The molecule has 0 unspecified atom stereocenters. The highest BCUT2D eigenvalue weighted by Crippen LogP contribution is 2.19. The summed E-state index contributed by atoms with van der Waals surface area (Å²) in [5.74, 6) is -0.0184. The van der Waals surface area contributed by atoms with Crippen molar-refractivity contribution in [3.05, 3.63) is 28.2 Å². The SMILES string of the molecule is CCOCCC(=O)Nc1ccc(Br)c(C)c1. The van der Waals surface area contributed by atoms with E-state index >= 15 is 0 Å². The van der Waals surface area contributed by atoms with E-state index in [1.807, 2.05) is 32.0 Å². The predicted octanol–water partition coefficient (Wildman–Crippen LogP) is 3.12. The van der Waals surface area contributed by atoms with Crippen LogP contribution in [0.25, 0.3) is 0 Å². The second-order valence-corrected chi connectivity index (χ2v) is 4.31. The van der Waals surface area contributed by atoms with Crippen molar-refractivity contribution in [2.24, 2.45) is 0 Å². The van der Waals surface area contributed by atoms with Crippen LogP contribution in [0.3, 0.4) is 0 Å². The number of hydrogen-bond donors (Lipinski definition) is 1. The first kappa shape index (κ1) is 13.2. The average Bonchev–Trinajstić information content (AvgIpc) is 2.24. The molecule has 0 atom stereocenters. The summed E-state index contributed by atoms with van der Waals surface area (Å²) in [5, 5.41) is 2.83. The number of hydrogen-bond acceptors (Lipinski definition) is 2. The zero-order valence-corrected chi connectivity index (χ0v) is 11.1. The molecule has 0 aliphatic carbocycles. The Kier molecular flexibility index (Phi) is 5.49. The maximum absolute atomic E-state index is 11.5. The smallest absolute Gasteiger partial charge is 0.226 e. The highest BCUT2D eigenvalue weighted by molar-refractivity contribution is 9.10. The maximum Gasteiger partial charge on any atom is 0.226 e. The van der Waals surface area contributed by atoms with Crippen LogP contribution < -0.4 is 5.32 Å². The Labute approximate surface area is 104 Å². The van der Waals surface area contributed by atoms with Crippen molar-refractivity contribution in [1.29, 1.82) is 0 Å². The lowest BCUT2D eigenvalue weighted by atomic mass is 10.2. The van der Waals surface area contributed by atoms with E-state index in [0.717, 1.165) is 15.7 Å². The van der Waals surface area contributed by atoms with Crippen LogP contribution in [0.2, 0.25) is 0 Å². The Morgan fingerprint density at radius 1 is 1.50 bits per heavy atom. The number of ether oxygens (including phenoxy) is 1. The summed E-state index contributed by atoms with van der Waals surface area (Å²) < 4.78 is 6.16. The fourth-order valence-corrected chi connectivity index (χ4v) is 1.50. The number of nitrogens with one attached hydrogen (secondary N) is 1. The Hall–Kier alpha value is -0.870. The predicted molar refractivity (Wildman–Crippen MR) is 68.6 cm³/mol. The highest BCUT2D eigenvalue weighted by Gasteiger charge is 2.03. The molecule has 16 heavy (non-hydrogen) atoms. The van der Waals surface area contributed by atoms with Crippen molar-refractivity contribution in [2.45, 2.75) is 20.3 Å². The zero-order valence-electron chi connectivity index (χ0n) is 9.55. The van der Waals surface area contributed by atoms with Crippen LogP contribution in [0.15, 0.2) is 22.7 Å². The minimum absolute atomic E-state index is 0.0184. The first-order valence-electron chi connectivity index (χ1n) is 5.27. The molecule has 1 rings (SSSR count). The van der Waals surface area contributed by atoms with Crippen LogP contribution in [0, 0.1) is 6.92 Å². The van der Waals surface area contributed by atoms with E-state index in [9.17, 15) is 4.79 Å². The summed E-state index contributed by atoms with van der Waals surface area (Å²) in [5.41, 5.74) is 1.92. The van der Waals surface area contributed by atoms with Crippen molar-refractivity contribution < 1.29 is 9.53 Å². The number of carbonyl (C=O) groups is 1. The number of halogens is 1. The Morgan fingerprint density at radius 2 is 2.25 bits per heavy atom. The van der Waals surface area contributed by atoms with E-state index in [0.29, 0.717) is 19.6 Å². The summed E-state index contributed by atoms with van der Waals surface area (Å²) in [6.07, 6.45) is 0.392. The van der Waals surface area contributed by atoms with Crippen molar-refractivity contribution in [2.75, 3.05) is 18.5 Å². The largest absolute Gasteiger partial charge is 0.381 e. The van der Waals surface area contributed by atoms with Crippen molar-refractivity contribution in [3.8, 4) is 0 Å². The lowest BCUT2D eigenvalue weighted by Crippen LogP contribution is -2.14. The Morgan fingerprint density at radius 3 is 2.88 bits per heavy atom. The van der Waals surface area contributed by atoms with Gasteiger partial charge in [-0.05, 0) is 37.6 Å². The van der Waals surface area contributed by atoms with Crippen molar-refractivity contribution >= 4 is 27.5 Å². The highest BCUT2D eigenvalue weighted by atomic mass is 79.9. The molecule has 0 bridgehead atoms. The third-order valence-electron chi connectivity index (χ3n) is 2.12. The quantitative estimate of drug-likeness (QED) is 0.844. The molecule has 0 heterocycles. The molecule has 4 heteroatoms. The normalized spacial score (nSPS) is 10.2. The van der Waals surface area contributed by atoms with Crippen LogP contribution in [-0.4, -0.2) is 19.1 Å². The Balaban J connectivity index is 2.46. The fourth-order valence-electron chi connectivity index (χ4n) is 1.26. The van der Waals surface area contributed by atoms with Crippen LogP contribution in [0.1, 0.15) is 18.9 Å². The van der Waals surface area contributed by atoms with Crippen molar-refractivity contribution in [1.82, 2.24) is 0 Å². The van der Waals surface area contributed by atoms with Crippen LogP contribution >= 0.6 is 15.9 Å². The molecular formula is C12H16BrNO2. The lowest BCUT2D eigenvalue weighted by molar-refractivity contribution is -0.117. The van der Waals surface area contributed by atoms with Gasteiger partial charge in [-0.3, -0.25) is 4.79 Å². The van der Waals surface area contributed by atoms with Gasteiger partial charge in [-0.1, -0.05) is 15.9 Å². The van der Waals surface area contributed by atoms with E-state index in [1.165, 1.54) is 0 Å². The summed E-state index contributed by atoms with van der Waals surface area (Å²) in [6.45, 7) is 5.01. The van der Waals surface area contributed by atoms with Crippen LogP contribution in [-0.2, 0) is 9.53 Å². The molecule has 1 aromatic carbocycles. The second kappa shape index (κ2) is 6.66. The minimum Gasteiger partial charge on any atom is -0.381 e. The molecule has 1 amide bonds. The van der Waals surface area contributed by atoms with E-state index in [2.05, 4.69) is 21.2 Å². The molecule has 1 N–H and O–H groups in total. The number of anilines is 1. The van der Waals surface area contributed by atoms with Gasteiger partial charge >= 0.3 is 0 Å². The van der Waals surface area contributed by atoms with Gasteiger partial charge < -0.3 is 10.1 Å². The zero-order chi connectivity index (χ0) is 12.0. The molecule has 88 valence electrons. The van der Waals surface area contributed by atoms with Crippen LogP contribution in [0.5, 0.6) is 0 Å². The summed E-state index contributed by atoms with van der Waals surface area (Å²) in [6, 6.07) is 5.73. The molecule has 0 radical (unpaired) electrons. The molecule has 0 aliphatic rings. The molecule has 0 fully saturated rings. The van der Waals surface area contributed by atoms with Gasteiger partial charge in [-0.2, -0.15) is 0 Å². The minimum atomic E-state index is -0.0184. The molecule has 0 saturated carbocycles. The molecule has 0 spiro atoms. The molecule has 0 aromatic heterocycles. The number of aryl methyl sites for hydroxylation is 1. The first-order chi connectivity index (χ1) is 7.63. The number of amides is 1. The van der Waals surface area contributed by atoms with E-state index in [1.54, 1.807) is 0 Å². The maximum atomic E-state index is 11.5. The van der Waals surface area contributed by atoms with Gasteiger partial charge in [0.1, 0.15) is 0 Å². The third kappa shape index (κ3) is 4.33. The standard InChI is InChI=1S/C12H16BrNO2/c1-3-16-7-6-12(15)14-10-4-5-11(13)9(2)8-10/h4-5,8H,3,6-7H2,1-2H3,(H,14,15). The van der Waals surface area contributed by atoms with Gasteiger partial charge in [0.25, 0.3) is 0 Å². The van der Waals surface area contributed by atoms with Crippen molar-refractivity contribution in [3.63, 3.8) is 0 Å². The second-order valence-electron chi connectivity index (χ2n) is 3.46. The topological polar surface area (TPSA) is 38.3 Å². The third-order valence-corrected chi connectivity index (χ3v) is 3.01. The Bertz CT molecular complexity index is 366. The molecule has 1 aromatic rings. The van der Waals surface area contributed by atoms with Gasteiger partial charge in [0.15, 0.2) is 0 Å². The van der Waals surface area contributed by atoms with Gasteiger partial charge in [-0.25, -0.2) is 0 Å². The molecule has 3 nitrogen and oxygen atoms in total. The fraction of sp³-hybridized carbons (Fsp3) is 0.417. The van der Waals surface area contributed by atoms with E-state index < -0.39 is 0 Å². The summed E-state index contributed by atoms with van der Waals surface area (Å²) in [4.78, 5) is 11.5. The number of carbonyl (C=O) groups excluding carboxylic acids is 1. The molecular weight excluding hydrogens is 270 g/mol. The van der Waals surface area contributed by atoms with Gasteiger partial charge in [0.05, 0.1) is 13.0 Å². The van der Waals surface area contributed by atoms with Gasteiger partial charge in [-0.15, -0.1) is 0 Å². The summed E-state index contributed by atoms with van der Waals surface area (Å²) >= 11 is 3.41. The monoisotopic (exact) mass is 285 g/mol. The number of benzene rings is 1. The molecule has 0 aliphatic heterocycles. The van der Waals surface area contributed by atoms with E-state index in [4.69, 9.17) is 4.74 Å². The number of rotatable bonds is 5. The van der Waals surface area contributed by atoms with Gasteiger partial charge in [0.2, 0.25) is 5.91 Å². The average molecular weight is 286 g/mol. The van der Waals surface area contributed by atoms with Gasteiger partial charge in [0, 0.05) is 16.8 Å². The first-order valence-corrected chi connectivity index (χ1v) is 6.06.